The van der Waals surface area contributed by atoms with E-state index in [-0.39, 0.29) is 10.7 Å². The summed E-state index contributed by atoms with van der Waals surface area (Å²) in [6.45, 7) is 10.3. The molecule has 0 atom stereocenters. The first kappa shape index (κ1) is 17.4. The molecular weight excluding hydrogens is 294 g/mol. The van der Waals surface area contributed by atoms with Crippen LogP contribution in [0, 0.1) is 0 Å². The lowest BCUT2D eigenvalue weighted by Crippen LogP contribution is -2.18. The summed E-state index contributed by atoms with van der Waals surface area (Å²) in [6.07, 6.45) is 2.61. The molecule has 0 unspecified atom stereocenters. The van der Waals surface area contributed by atoms with Crippen LogP contribution in [0.4, 0.5) is 0 Å². The van der Waals surface area contributed by atoms with E-state index in [2.05, 4.69) is 25.7 Å². The summed E-state index contributed by atoms with van der Waals surface area (Å²) in [4.78, 5) is 14.4. The number of carbonyl (C=O) groups excluding carboxylic acids is 1. The van der Waals surface area contributed by atoms with Gasteiger partial charge in [-0.25, -0.2) is 4.79 Å². The number of hydrogen-bond acceptors (Lipinski definition) is 4. The van der Waals surface area contributed by atoms with Gasteiger partial charge in [0, 0.05) is 17.0 Å². The average Bonchev–Trinajstić information content (AvgIpc) is 2.96. The smallest absolute Gasteiger partial charge is 0.338 e. The predicted octanol–water partition coefficient (Wildman–Crippen LogP) is 3.97. The van der Waals surface area contributed by atoms with Crippen LogP contribution in [-0.2, 0) is 11.3 Å². The second kappa shape index (κ2) is 8.02. The maximum Gasteiger partial charge on any atom is 0.338 e. The Morgan fingerprint density at radius 1 is 1.18 bits per heavy atom. The molecule has 0 bridgehead atoms. The molecule has 1 fully saturated rings. The molecule has 0 amide bonds. The predicted molar refractivity (Wildman–Crippen MR) is 93.4 cm³/mol. The van der Waals surface area contributed by atoms with Crippen molar-refractivity contribution in [2.24, 2.45) is 0 Å². The number of thioether (sulfide) groups is 1. The SMILES string of the molecule is CC(C)(C)SCCOC(=O)c1ccc(CN2CCCC2)cc1. The van der Waals surface area contributed by atoms with Gasteiger partial charge in [0.2, 0.25) is 0 Å². The van der Waals surface area contributed by atoms with E-state index in [0.717, 1.165) is 12.3 Å². The first-order valence-electron chi connectivity index (χ1n) is 8.06. The number of ether oxygens (including phenoxy) is 1. The summed E-state index contributed by atoms with van der Waals surface area (Å²) in [5.74, 6) is 0.615. The molecule has 0 spiro atoms. The normalized spacial score (nSPS) is 16.0. The minimum absolute atomic E-state index is 0.212. The van der Waals surface area contributed by atoms with Crippen LogP contribution in [0.25, 0.3) is 0 Å². The lowest BCUT2D eigenvalue weighted by Gasteiger charge is -2.17. The lowest BCUT2D eigenvalue weighted by molar-refractivity contribution is 0.0530. The van der Waals surface area contributed by atoms with Crippen LogP contribution in [0.2, 0.25) is 0 Å². The minimum atomic E-state index is -0.220. The Labute approximate surface area is 138 Å². The molecule has 1 aliphatic rings. The molecule has 0 saturated carbocycles. The Hall–Kier alpha value is -1.00. The second-order valence-electron chi connectivity index (χ2n) is 6.78. The van der Waals surface area contributed by atoms with Gasteiger partial charge in [-0.3, -0.25) is 4.90 Å². The molecule has 4 heteroatoms. The molecule has 0 N–H and O–H groups in total. The molecule has 122 valence electrons. The quantitative estimate of drug-likeness (QED) is 0.586. The molecule has 0 aliphatic carbocycles. The number of likely N-dealkylation sites (tertiary alicyclic amines) is 1. The first-order chi connectivity index (χ1) is 10.4. The van der Waals surface area contributed by atoms with E-state index in [0.29, 0.717) is 12.2 Å². The topological polar surface area (TPSA) is 29.5 Å². The molecule has 0 radical (unpaired) electrons. The maximum atomic E-state index is 12.0. The average molecular weight is 321 g/mol. The van der Waals surface area contributed by atoms with E-state index in [9.17, 15) is 4.79 Å². The fourth-order valence-corrected chi connectivity index (χ4v) is 3.29. The van der Waals surface area contributed by atoms with Crippen molar-refractivity contribution in [2.45, 2.75) is 44.9 Å². The van der Waals surface area contributed by atoms with E-state index in [4.69, 9.17) is 4.74 Å². The van der Waals surface area contributed by atoms with Gasteiger partial charge in [0.05, 0.1) is 5.56 Å². The van der Waals surface area contributed by atoms with Crippen molar-refractivity contribution in [3.63, 3.8) is 0 Å². The Kier molecular flexibility index (Phi) is 6.33. The summed E-state index contributed by atoms with van der Waals surface area (Å²) < 4.78 is 5.54. The van der Waals surface area contributed by atoms with Gasteiger partial charge in [-0.05, 0) is 43.6 Å². The van der Waals surface area contributed by atoms with Crippen molar-refractivity contribution < 1.29 is 9.53 Å². The molecule has 1 saturated heterocycles. The third kappa shape index (κ3) is 6.01. The van der Waals surface area contributed by atoms with Crippen LogP contribution in [-0.4, -0.2) is 41.1 Å². The molecule has 1 aromatic carbocycles. The number of rotatable bonds is 6. The maximum absolute atomic E-state index is 12.0. The van der Waals surface area contributed by atoms with Crippen LogP contribution in [0.15, 0.2) is 24.3 Å². The molecule has 2 rings (SSSR count). The zero-order valence-corrected chi connectivity index (χ0v) is 14.7. The highest BCUT2D eigenvalue weighted by atomic mass is 32.2. The van der Waals surface area contributed by atoms with Crippen molar-refractivity contribution in [1.82, 2.24) is 4.90 Å². The van der Waals surface area contributed by atoms with Crippen LogP contribution >= 0.6 is 11.8 Å². The number of esters is 1. The number of carbonyl (C=O) groups is 1. The fraction of sp³-hybridized carbons (Fsp3) is 0.611. The zero-order chi connectivity index (χ0) is 16.0. The first-order valence-corrected chi connectivity index (χ1v) is 9.05. The second-order valence-corrected chi connectivity index (χ2v) is 8.70. The van der Waals surface area contributed by atoms with Crippen molar-refractivity contribution in [1.29, 1.82) is 0 Å². The number of hydrogen-bond donors (Lipinski definition) is 0. The van der Waals surface area contributed by atoms with Crippen LogP contribution in [0.1, 0.15) is 49.5 Å². The monoisotopic (exact) mass is 321 g/mol. The third-order valence-electron chi connectivity index (χ3n) is 3.65. The molecule has 0 aromatic heterocycles. The standard InChI is InChI=1S/C18H27NO2S/c1-18(2,3)22-13-12-21-17(20)16-8-6-15(7-9-16)14-19-10-4-5-11-19/h6-9H,4-5,10-14H2,1-3H3. The van der Waals surface area contributed by atoms with Crippen LogP contribution in [0.3, 0.4) is 0 Å². The van der Waals surface area contributed by atoms with Crippen LogP contribution < -0.4 is 0 Å². The fourth-order valence-electron chi connectivity index (χ4n) is 2.51. The Balaban J connectivity index is 1.75. The van der Waals surface area contributed by atoms with E-state index < -0.39 is 0 Å². The van der Waals surface area contributed by atoms with E-state index in [1.807, 2.05) is 36.0 Å². The largest absolute Gasteiger partial charge is 0.461 e. The lowest BCUT2D eigenvalue weighted by atomic mass is 10.1. The van der Waals surface area contributed by atoms with Gasteiger partial charge < -0.3 is 4.74 Å². The highest BCUT2D eigenvalue weighted by Crippen LogP contribution is 2.22. The summed E-state index contributed by atoms with van der Waals surface area (Å²) in [5.41, 5.74) is 1.91. The van der Waals surface area contributed by atoms with Gasteiger partial charge in [0.25, 0.3) is 0 Å². The highest BCUT2D eigenvalue weighted by molar-refractivity contribution is 8.00. The van der Waals surface area contributed by atoms with Crippen molar-refractivity contribution in [3.8, 4) is 0 Å². The number of nitrogens with zero attached hydrogens (tertiary/aromatic N) is 1. The summed E-state index contributed by atoms with van der Waals surface area (Å²) >= 11 is 1.81. The molecule has 3 nitrogen and oxygen atoms in total. The Bertz CT molecular complexity index is 473. The molecule has 22 heavy (non-hydrogen) atoms. The van der Waals surface area contributed by atoms with Crippen LogP contribution in [0.5, 0.6) is 0 Å². The Morgan fingerprint density at radius 3 is 2.41 bits per heavy atom. The van der Waals surface area contributed by atoms with E-state index >= 15 is 0 Å². The minimum Gasteiger partial charge on any atom is -0.461 e. The third-order valence-corrected chi connectivity index (χ3v) is 4.88. The van der Waals surface area contributed by atoms with Crippen molar-refractivity contribution in [3.05, 3.63) is 35.4 Å². The molecule has 1 aromatic rings. The van der Waals surface area contributed by atoms with Crippen molar-refractivity contribution in [2.75, 3.05) is 25.4 Å². The van der Waals surface area contributed by atoms with Gasteiger partial charge >= 0.3 is 5.97 Å². The van der Waals surface area contributed by atoms with Gasteiger partial charge in [-0.15, -0.1) is 0 Å². The van der Waals surface area contributed by atoms with E-state index in [1.165, 1.54) is 31.5 Å². The summed E-state index contributed by atoms with van der Waals surface area (Å²) in [7, 11) is 0. The molecular formula is C18H27NO2S. The van der Waals surface area contributed by atoms with E-state index in [1.54, 1.807) is 0 Å². The molecule has 1 aliphatic heterocycles. The summed E-state index contributed by atoms with van der Waals surface area (Å²) in [5, 5.41) is 0. The Morgan fingerprint density at radius 2 is 1.82 bits per heavy atom. The van der Waals surface area contributed by atoms with Gasteiger partial charge in [-0.1, -0.05) is 32.9 Å². The van der Waals surface area contributed by atoms with Gasteiger partial charge in [0.1, 0.15) is 6.61 Å². The molecule has 1 heterocycles. The number of benzene rings is 1. The highest BCUT2D eigenvalue weighted by Gasteiger charge is 2.13. The summed E-state index contributed by atoms with van der Waals surface area (Å²) in [6, 6.07) is 7.84. The van der Waals surface area contributed by atoms with Crippen molar-refractivity contribution >= 4 is 17.7 Å². The van der Waals surface area contributed by atoms with Gasteiger partial charge in [-0.2, -0.15) is 11.8 Å². The van der Waals surface area contributed by atoms with Gasteiger partial charge in [0.15, 0.2) is 0 Å². The zero-order valence-electron chi connectivity index (χ0n) is 13.9.